The molecule has 0 spiro atoms. The van der Waals surface area contributed by atoms with Crippen LogP contribution >= 0.6 is 23.4 Å². The Labute approximate surface area is 158 Å². The highest BCUT2D eigenvalue weighted by molar-refractivity contribution is 8.13. The van der Waals surface area contributed by atoms with Gasteiger partial charge in [0, 0.05) is 5.56 Å². The molecule has 0 aliphatic carbocycles. The number of amides is 1. The second-order valence-corrected chi connectivity index (χ2v) is 6.78. The van der Waals surface area contributed by atoms with Crippen molar-refractivity contribution in [3.05, 3.63) is 65.5 Å². The summed E-state index contributed by atoms with van der Waals surface area (Å²) in [5.74, 6) is 1.23. The fraction of sp³-hybridized carbons (Fsp3) is 0.111. The molecule has 0 saturated carbocycles. The van der Waals surface area contributed by atoms with Gasteiger partial charge in [-0.05, 0) is 24.3 Å². The predicted octanol–water partition coefficient (Wildman–Crippen LogP) is 4.03. The monoisotopic (exact) mass is 384 g/mol. The first kappa shape index (κ1) is 16.8. The Bertz CT molecular complexity index is 974. The Morgan fingerprint density at radius 1 is 1.08 bits per heavy atom. The van der Waals surface area contributed by atoms with E-state index in [9.17, 15) is 4.79 Å². The number of carbonyl (C=O) groups is 1. The van der Waals surface area contributed by atoms with Crippen LogP contribution < -0.4 is 4.90 Å². The van der Waals surface area contributed by atoms with Crippen LogP contribution in [0, 0.1) is 0 Å². The number of carbonyl (C=O) groups excluding carboxylic acids is 1. The van der Waals surface area contributed by atoms with E-state index in [4.69, 9.17) is 16.0 Å². The number of anilines is 1. The molecule has 0 unspecified atom stereocenters. The summed E-state index contributed by atoms with van der Waals surface area (Å²) in [4.78, 5) is 18.1. The molecule has 0 radical (unpaired) electrons. The molecule has 6 nitrogen and oxygen atoms in total. The van der Waals surface area contributed by atoms with E-state index in [1.807, 2.05) is 42.5 Å². The first-order valence-electron chi connectivity index (χ1n) is 7.85. The summed E-state index contributed by atoms with van der Waals surface area (Å²) in [5, 5.41) is 9.20. The van der Waals surface area contributed by atoms with Gasteiger partial charge in [0.05, 0.1) is 16.5 Å². The second-order valence-electron chi connectivity index (χ2n) is 5.44. The number of hydrogen-bond donors (Lipinski definition) is 0. The van der Waals surface area contributed by atoms with Crippen LogP contribution in [-0.2, 0) is 10.5 Å². The maximum Gasteiger partial charge on any atom is 0.254 e. The molecule has 8 heteroatoms. The predicted molar refractivity (Wildman–Crippen MR) is 102 cm³/mol. The molecule has 3 aromatic rings. The number of nitrogens with zero attached hydrogens (tertiary/aromatic N) is 4. The van der Waals surface area contributed by atoms with Crippen LogP contribution in [0.5, 0.6) is 0 Å². The number of thioether (sulfide) groups is 1. The van der Waals surface area contributed by atoms with Gasteiger partial charge in [0.25, 0.3) is 5.91 Å². The van der Waals surface area contributed by atoms with E-state index in [2.05, 4.69) is 15.2 Å². The number of para-hydroxylation sites is 1. The highest BCUT2D eigenvalue weighted by Crippen LogP contribution is 2.31. The molecule has 0 bridgehead atoms. The normalized spacial score (nSPS) is 14.0. The van der Waals surface area contributed by atoms with Crippen molar-refractivity contribution in [3.63, 3.8) is 0 Å². The highest BCUT2D eigenvalue weighted by atomic mass is 35.5. The molecule has 0 saturated heterocycles. The number of aromatic nitrogens is 2. The Hall–Kier alpha value is -2.64. The second kappa shape index (κ2) is 7.31. The number of benzene rings is 2. The largest absolute Gasteiger partial charge is 0.420 e. The lowest BCUT2D eigenvalue weighted by Crippen LogP contribution is -2.31. The summed E-state index contributed by atoms with van der Waals surface area (Å²) < 4.78 is 5.69. The van der Waals surface area contributed by atoms with Gasteiger partial charge in [0.15, 0.2) is 5.17 Å². The smallest absolute Gasteiger partial charge is 0.254 e. The first-order valence-corrected chi connectivity index (χ1v) is 9.21. The molecule has 2 heterocycles. The lowest BCUT2D eigenvalue weighted by Gasteiger charge is -2.18. The molecule has 26 heavy (non-hydrogen) atoms. The molecular weight excluding hydrogens is 372 g/mol. The van der Waals surface area contributed by atoms with Gasteiger partial charge in [-0.3, -0.25) is 14.7 Å². The van der Waals surface area contributed by atoms with Crippen LogP contribution in [0.15, 0.2) is 64.0 Å². The van der Waals surface area contributed by atoms with Crippen molar-refractivity contribution in [2.75, 3.05) is 11.4 Å². The van der Waals surface area contributed by atoms with Gasteiger partial charge >= 0.3 is 0 Å². The fourth-order valence-corrected chi connectivity index (χ4v) is 3.57. The molecule has 1 aromatic heterocycles. The SMILES string of the molecule is O=C1CN=C(SCc2nnc(-c3ccccc3)o2)N1c1ccccc1Cl. The topological polar surface area (TPSA) is 71.6 Å². The number of halogens is 1. The van der Waals surface area contributed by atoms with Gasteiger partial charge in [-0.15, -0.1) is 10.2 Å². The molecule has 4 rings (SSSR count). The van der Waals surface area contributed by atoms with Gasteiger partial charge in [-0.25, -0.2) is 0 Å². The molecule has 1 aliphatic rings. The van der Waals surface area contributed by atoms with Crippen molar-refractivity contribution in [1.82, 2.24) is 10.2 Å². The molecule has 0 atom stereocenters. The minimum Gasteiger partial charge on any atom is -0.420 e. The zero-order valence-corrected chi connectivity index (χ0v) is 15.1. The van der Waals surface area contributed by atoms with Gasteiger partial charge in [0.1, 0.15) is 6.54 Å². The summed E-state index contributed by atoms with van der Waals surface area (Å²) in [6.45, 7) is 0.104. The van der Waals surface area contributed by atoms with Gasteiger partial charge in [0.2, 0.25) is 11.8 Å². The summed E-state index contributed by atoms with van der Waals surface area (Å²) in [5.41, 5.74) is 1.49. The van der Waals surface area contributed by atoms with Crippen LogP contribution in [0.25, 0.3) is 11.5 Å². The summed E-state index contributed by atoms with van der Waals surface area (Å²) in [6.07, 6.45) is 0. The zero-order valence-electron chi connectivity index (χ0n) is 13.5. The lowest BCUT2D eigenvalue weighted by molar-refractivity contribution is -0.115. The van der Waals surface area contributed by atoms with Gasteiger partial charge < -0.3 is 4.42 Å². The third-order valence-electron chi connectivity index (χ3n) is 3.70. The minimum atomic E-state index is -0.115. The van der Waals surface area contributed by atoms with E-state index in [-0.39, 0.29) is 12.5 Å². The van der Waals surface area contributed by atoms with Crippen molar-refractivity contribution in [1.29, 1.82) is 0 Å². The molecule has 130 valence electrons. The molecular formula is C18H13ClN4O2S. The van der Waals surface area contributed by atoms with Crippen molar-refractivity contribution in [2.45, 2.75) is 5.75 Å². The van der Waals surface area contributed by atoms with E-state index < -0.39 is 0 Å². The van der Waals surface area contributed by atoms with Crippen LogP contribution in [0.4, 0.5) is 5.69 Å². The molecule has 0 fully saturated rings. The van der Waals surface area contributed by atoms with Crippen molar-refractivity contribution in [3.8, 4) is 11.5 Å². The van der Waals surface area contributed by atoms with Crippen molar-refractivity contribution in [2.24, 2.45) is 4.99 Å². The Kier molecular flexibility index (Phi) is 4.73. The standard InChI is InChI=1S/C18H13ClN4O2S/c19-13-8-4-5-9-14(13)23-16(24)10-20-18(23)26-11-15-21-22-17(25-15)12-6-2-1-3-7-12/h1-9H,10-11H2. The van der Waals surface area contributed by atoms with E-state index in [0.29, 0.717) is 33.4 Å². The van der Waals surface area contributed by atoms with E-state index >= 15 is 0 Å². The Balaban J connectivity index is 1.49. The molecule has 2 aromatic carbocycles. The minimum absolute atomic E-state index is 0.104. The van der Waals surface area contributed by atoms with Crippen LogP contribution in [-0.4, -0.2) is 27.8 Å². The van der Waals surface area contributed by atoms with Crippen LogP contribution in [0.2, 0.25) is 5.02 Å². The Morgan fingerprint density at radius 3 is 2.65 bits per heavy atom. The maximum atomic E-state index is 12.2. The first-order chi connectivity index (χ1) is 12.7. The summed E-state index contributed by atoms with van der Waals surface area (Å²) in [7, 11) is 0. The van der Waals surface area contributed by atoms with Crippen LogP contribution in [0.1, 0.15) is 5.89 Å². The molecule has 1 amide bonds. The number of aliphatic imine (C=N–C) groups is 1. The number of amidine groups is 1. The van der Waals surface area contributed by atoms with Crippen molar-refractivity contribution < 1.29 is 9.21 Å². The average Bonchev–Trinajstić information content (AvgIpc) is 3.28. The molecule has 0 N–H and O–H groups in total. The Morgan fingerprint density at radius 2 is 1.85 bits per heavy atom. The van der Waals surface area contributed by atoms with E-state index in [1.165, 1.54) is 16.7 Å². The summed E-state index contributed by atoms with van der Waals surface area (Å²) >= 11 is 7.59. The summed E-state index contributed by atoms with van der Waals surface area (Å²) in [6, 6.07) is 16.8. The van der Waals surface area contributed by atoms with E-state index in [0.717, 1.165) is 5.56 Å². The average molecular weight is 385 g/mol. The lowest BCUT2D eigenvalue weighted by atomic mass is 10.2. The van der Waals surface area contributed by atoms with Gasteiger partial charge in [-0.1, -0.05) is 53.7 Å². The maximum absolute atomic E-state index is 12.2. The molecule has 1 aliphatic heterocycles. The zero-order chi connectivity index (χ0) is 17.9. The highest BCUT2D eigenvalue weighted by Gasteiger charge is 2.29. The van der Waals surface area contributed by atoms with E-state index in [1.54, 1.807) is 12.1 Å². The van der Waals surface area contributed by atoms with Gasteiger partial charge in [-0.2, -0.15) is 0 Å². The quantitative estimate of drug-likeness (QED) is 0.679. The number of hydrogen-bond acceptors (Lipinski definition) is 6. The third-order valence-corrected chi connectivity index (χ3v) is 4.98. The third kappa shape index (κ3) is 3.36. The van der Waals surface area contributed by atoms with Crippen LogP contribution in [0.3, 0.4) is 0 Å². The fourth-order valence-electron chi connectivity index (χ4n) is 2.50. The number of rotatable bonds is 4. The van der Waals surface area contributed by atoms with Crippen molar-refractivity contribution >= 4 is 40.1 Å².